The van der Waals surface area contributed by atoms with Gasteiger partial charge in [-0.2, -0.15) is 35.1 Å². The largest absolute Gasteiger partial charge is 0.496 e. The van der Waals surface area contributed by atoms with Crippen LogP contribution < -0.4 is 4.74 Å². The molecule has 9 heteroatoms. The summed E-state index contributed by atoms with van der Waals surface area (Å²) < 4.78 is 114. The van der Waals surface area contributed by atoms with E-state index in [-0.39, 0.29) is 11.3 Å². The van der Waals surface area contributed by atoms with Gasteiger partial charge in [-0.25, -0.2) is 0 Å². The van der Waals surface area contributed by atoms with Gasteiger partial charge in [-0.05, 0) is 25.5 Å². The Morgan fingerprint density at radius 1 is 0.818 bits per heavy atom. The smallest absolute Gasteiger partial charge is 0.382 e. The summed E-state index contributed by atoms with van der Waals surface area (Å²) in [5.74, 6) is -23.7. The van der Waals surface area contributed by atoms with E-state index in [1.807, 2.05) is 0 Å². The predicted octanol–water partition coefficient (Wildman–Crippen LogP) is 4.78. The lowest BCUT2D eigenvalue weighted by atomic mass is 9.77. The van der Waals surface area contributed by atoms with Crippen LogP contribution in [-0.4, -0.2) is 19.0 Å². The maximum Gasteiger partial charge on any atom is 0.382 e. The zero-order chi connectivity index (χ0) is 17.3. The van der Waals surface area contributed by atoms with Gasteiger partial charge in [0.25, 0.3) is 0 Å². The minimum Gasteiger partial charge on any atom is -0.496 e. The number of ether oxygens (including phenoxy) is 1. The molecule has 1 aromatic carbocycles. The third-order valence-electron chi connectivity index (χ3n) is 3.74. The molecule has 1 nitrogen and oxygen atoms in total. The van der Waals surface area contributed by atoms with E-state index < -0.39 is 40.4 Å². The van der Waals surface area contributed by atoms with Crippen LogP contribution in [0.3, 0.4) is 0 Å². The van der Waals surface area contributed by atoms with Crippen molar-refractivity contribution in [2.45, 2.75) is 37.5 Å². The molecule has 0 saturated heterocycles. The summed E-state index contributed by atoms with van der Waals surface area (Å²) in [6.07, 6.45) is 0. The molecule has 0 heterocycles. The van der Waals surface area contributed by atoms with Gasteiger partial charge in [0.15, 0.2) is 0 Å². The van der Waals surface area contributed by atoms with Crippen molar-refractivity contribution in [3.05, 3.63) is 28.3 Å². The Bertz CT molecular complexity index is 635. The van der Waals surface area contributed by atoms with E-state index >= 15 is 0 Å². The topological polar surface area (TPSA) is 9.23 Å². The van der Waals surface area contributed by atoms with Crippen molar-refractivity contribution < 1.29 is 39.9 Å². The number of halogens is 8. The molecular weight excluding hydrogens is 324 g/mol. The first kappa shape index (κ1) is 16.8. The van der Waals surface area contributed by atoms with Crippen LogP contribution in [0.4, 0.5) is 35.1 Å². The molecule has 0 atom stereocenters. The van der Waals surface area contributed by atoms with Gasteiger partial charge < -0.3 is 4.74 Å². The number of benzene rings is 1. The van der Waals surface area contributed by atoms with Crippen molar-refractivity contribution >= 4 is 0 Å². The number of fused-ring (bicyclic) bond motifs is 1. The average Bonchev–Trinajstić information content (AvgIpc) is 2.36. The van der Waals surface area contributed by atoms with Crippen LogP contribution >= 0.6 is 0 Å². The fourth-order valence-electron chi connectivity index (χ4n) is 2.65. The molecule has 1 aliphatic rings. The first-order valence-electron chi connectivity index (χ1n) is 5.95. The van der Waals surface area contributed by atoms with Gasteiger partial charge in [-0.1, -0.05) is 0 Å². The minimum atomic E-state index is -6.25. The van der Waals surface area contributed by atoms with E-state index in [4.69, 9.17) is 4.74 Å². The second-order valence-corrected chi connectivity index (χ2v) is 5.07. The minimum absolute atomic E-state index is 0.143. The molecule has 22 heavy (non-hydrogen) atoms. The van der Waals surface area contributed by atoms with Crippen LogP contribution in [0.2, 0.25) is 0 Å². The van der Waals surface area contributed by atoms with Crippen LogP contribution in [0.25, 0.3) is 0 Å². The lowest BCUT2D eigenvalue weighted by molar-refractivity contribution is -0.386. The molecule has 2 rings (SSSR count). The molecule has 0 aliphatic heterocycles. The zero-order valence-corrected chi connectivity index (χ0v) is 11.5. The van der Waals surface area contributed by atoms with Gasteiger partial charge in [0.2, 0.25) is 0 Å². The maximum absolute atomic E-state index is 13.9. The van der Waals surface area contributed by atoms with Crippen LogP contribution in [-0.2, 0) is 11.8 Å². The summed E-state index contributed by atoms with van der Waals surface area (Å²) in [5.41, 5.74) is -4.51. The molecule has 0 aromatic heterocycles. The number of methoxy groups -OCH3 is 1. The Balaban J connectivity index is 3.01. The van der Waals surface area contributed by atoms with Crippen LogP contribution in [0.5, 0.6) is 5.75 Å². The predicted molar refractivity (Wildman–Crippen MR) is 60.1 cm³/mol. The average molecular weight is 334 g/mol. The molecule has 0 amide bonds. The molecule has 0 bridgehead atoms. The normalized spacial score (nSPS) is 23.8. The Morgan fingerprint density at radius 2 is 1.27 bits per heavy atom. The third kappa shape index (κ3) is 1.59. The molecular formula is C13H10F8O. The van der Waals surface area contributed by atoms with Gasteiger partial charge in [0, 0.05) is 16.7 Å². The van der Waals surface area contributed by atoms with Crippen LogP contribution in [0.1, 0.15) is 22.3 Å². The van der Waals surface area contributed by atoms with Gasteiger partial charge in [-0.15, -0.1) is 0 Å². The van der Waals surface area contributed by atoms with E-state index in [1.54, 1.807) is 0 Å². The van der Waals surface area contributed by atoms with Crippen molar-refractivity contribution in [2.24, 2.45) is 0 Å². The zero-order valence-electron chi connectivity index (χ0n) is 11.5. The monoisotopic (exact) mass is 334 g/mol. The van der Waals surface area contributed by atoms with Gasteiger partial charge >= 0.3 is 23.7 Å². The summed E-state index contributed by atoms with van der Waals surface area (Å²) in [7, 11) is 1.02. The Morgan fingerprint density at radius 3 is 1.73 bits per heavy atom. The van der Waals surface area contributed by atoms with E-state index in [0.717, 1.165) is 21.0 Å². The fourth-order valence-corrected chi connectivity index (χ4v) is 2.65. The second-order valence-electron chi connectivity index (χ2n) is 5.07. The maximum atomic E-state index is 13.9. The molecule has 1 aromatic rings. The number of hydrogen-bond donors (Lipinski definition) is 0. The molecule has 0 fully saturated rings. The van der Waals surface area contributed by atoms with E-state index in [9.17, 15) is 35.1 Å². The highest BCUT2D eigenvalue weighted by atomic mass is 19.4. The van der Waals surface area contributed by atoms with Crippen molar-refractivity contribution in [1.29, 1.82) is 0 Å². The molecule has 1 aliphatic carbocycles. The highest BCUT2D eigenvalue weighted by molar-refractivity contribution is 5.56. The third-order valence-corrected chi connectivity index (χ3v) is 3.74. The molecule has 0 unspecified atom stereocenters. The summed E-state index contributed by atoms with van der Waals surface area (Å²) in [5, 5.41) is 0. The molecule has 0 radical (unpaired) electrons. The Hall–Kier alpha value is -1.54. The van der Waals surface area contributed by atoms with Crippen LogP contribution in [0, 0.1) is 13.8 Å². The van der Waals surface area contributed by atoms with Crippen molar-refractivity contribution in [2.75, 3.05) is 7.11 Å². The highest BCUT2D eigenvalue weighted by Crippen LogP contribution is 2.65. The highest BCUT2D eigenvalue weighted by Gasteiger charge is 2.85. The molecule has 0 N–H and O–H groups in total. The molecule has 0 spiro atoms. The quantitative estimate of drug-likeness (QED) is 0.672. The van der Waals surface area contributed by atoms with Crippen molar-refractivity contribution in [3.8, 4) is 5.75 Å². The summed E-state index contributed by atoms with van der Waals surface area (Å²) in [6, 6.07) is 0.332. The Labute approximate surface area is 119 Å². The number of hydrogen-bond acceptors (Lipinski definition) is 1. The summed E-state index contributed by atoms with van der Waals surface area (Å²) >= 11 is 0. The number of alkyl halides is 8. The standard InChI is InChI=1S/C13H10F8O/c1-5-4-7-8(6(2)9(5)22-3)11(16,17)13(20,21)12(18,19)10(7,14)15/h4H,1-3H3. The van der Waals surface area contributed by atoms with E-state index in [1.165, 1.54) is 0 Å². The summed E-state index contributed by atoms with van der Waals surface area (Å²) in [6.45, 7) is 2.00. The van der Waals surface area contributed by atoms with Gasteiger partial charge in [0.1, 0.15) is 5.75 Å². The van der Waals surface area contributed by atoms with Crippen molar-refractivity contribution in [3.63, 3.8) is 0 Å². The van der Waals surface area contributed by atoms with Gasteiger partial charge in [-0.3, -0.25) is 0 Å². The van der Waals surface area contributed by atoms with Gasteiger partial charge in [0.05, 0.1) is 7.11 Å². The summed E-state index contributed by atoms with van der Waals surface area (Å²) in [4.78, 5) is 0. The molecule has 124 valence electrons. The fraction of sp³-hybridized carbons (Fsp3) is 0.538. The first-order chi connectivity index (χ1) is 9.75. The lowest BCUT2D eigenvalue weighted by Gasteiger charge is -2.43. The Kier molecular flexibility index (Phi) is 3.26. The van der Waals surface area contributed by atoms with Crippen LogP contribution in [0.15, 0.2) is 6.07 Å². The van der Waals surface area contributed by atoms with Crippen molar-refractivity contribution in [1.82, 2.24) is 0 Å². The molecule has 0 saturated carbocycles. The SMILES string of the molecule is COc1c(C)cc2c(c1C)C(F)(F)C(F)(F)C(F)(F)C2(F)F. The lowest BCUT2D eigenvalue weighted by Crippen LogP contribution is -2.64. The number of aryl methyl sites for hydroxylation is 1. The first-order valence-corrected chi connectivity index (χ1v) is 5.95. The number of rotatable bonds is 1. The van der Waals surface area contributed by atoms with E-state index in [0.29, 0.717) is 6.07 Å². The second kappa shape index (κ2) is 4.26. The van der Waals surface area contributed by atoms with E-state index in [2.05, 4.69) is 0 Å².